The maximum atomic E-state index is 12.1. The molecule has 20 heavy (non-hydrogen) atoms. The molecule has 1 atom stereocenters. The number of nitrogens with zero attached hydrogens (tertiary/aromatic N) is 2. The standard InChI is InChI=1S/C12H9BrCl3N3O/c1-6(19-5-7(13)4-17-19)12(20)18-11-3-9(15)8(14)2-10(11)16/h2-6H,1H3,(H,18,20). The SMILES string of the molecule is CC(C(=O)Nc1cc(Cl)c(Cl)cc1Cl)n1cc(Br)cn1. The van der Waals surface area contributed by atoms with Crippen LogP contribution < -0.4 is 5.32 Å². The highest BCUT2D eigenvalue weighted by molar-refractivity contribution is 9.10. The molecular formula is C12H9BrCl3N3O. The molecule has 2 rings (SSSR count). The Kier molecular flexibility index (Phi) is 4.96. The summed E-state index contributed by atoms with van der Waals surface area (Å²) in [6.07, 6.45) is 3.32. The van der Waals surface area contributed by atoms with E-state index in [2.05, 4.69) is 26.3 Å². The second kappa shape index (κ2) is 6.35. The molecule has 0 fully saturated rings. The van der Waals surface area contributed by atoms with Gasteiger partial charge >= 0.3 is 0 Å². The Bertz CT molecular complexity index is 659. The Hall–Kier alpha value is -0.750. The lowest BCUT2D eigenvalue weighted by atomic mass is 10.2. The molecule has 1 heterocycles. The van der Waals surface area contributed by atoms with Crippen molar-refractivity contribution in [3.05, 3.63) is 44.1 Å². The summed E-state index contributed by atoms with van der Waals surface area (Å²) in [5, 5.41) is 7.73. The molecule has 0 aliphatic carbocycles. The highest BCUT2D eigenvalue weighted by atomic mass is 79.9. The largest absolute Gasteiger partial charge is 0.323 e. The monoisotopic (exact) mass is 395 g/mol. The lowest BCUT2D eigenvalue weighted by Crippen LogP contribution is -2.24. The molecule has 106 valence electrons. The van der Waals surface area contributed by atoms with Crippen molar-refractivity contribution in [2.45, 2.75) is 13.0 Å². The van der Waals surface area contributed by atoms with E-state index >= 15 is 0 Å². The zero-order chi connectivity index (χ0) is 14.9. The minimum atomic E-state index is -0.494. The van der Waals surface area contributed by atoms with Crippen LogP contribution >= 0.6 is 50.7 Å². The zero-order valence-electron chi connectivity index (χ0n) is 10.2. The van der Waals surface area contributed by atoms with Crippen LogP contribution in [0.1, 0.15) is 13.0 Å². The van der Waals surface area contributed by atoms with E-state index in [-0.39, 0.29) is 5.91 Å². The molecule has 0 radical (unpaired) electrons. The molecule has 0 aliphatic rings. The highest BCUT2D eigenvalue weighted by Crippen LogP contribution is 2.32. The Morgan fingerprint density at radius 2 is 1.95 bits per heavy atom. The summed E-state index contributed by atoms with van der Waals surface area (Å²) in [5.41, 5.74) is 0.407. The topological polar surface area (TPSA) is 46.9 Å². The number of aromatic nitrogens is 2. The van der Waals surface area contributed by atoms with Crippen LogP contribution in [0.2, 0.25) is 15.1 Å². The van der Waals surface area contributed by atoms with E-state index in [0.717, 1.165) is 4.47 Å². The molecule has 8 heteroatoms. The second-order valence-corrected chi connectivity index (χ2v) is 6.19. The average Bonchev–Trinajstić information content (AvgIpc) is 2.81. The zero-order valence-corrected chi connectivity index (χ0v) is 14.1. The van der Waals surface area contributed by atoms with E-state index in [9.17, 15) is 4.79 Å². The summed E-state index contributed by atoms with van der Waals surface area (Å²) < 4.78 is 2.33. The molecule has 1 amide bonds. The van der Waals surface area contributed by atoms with E-state index in [1.165, 1.54) is 16.8 Å². The first kappa shape index (κ1) is 15.6. The normalized spacial score (nSPS) is 12.2. The molecule has 0 aliphatic heterocycles. The van der Waals surface area contributed by atoms with Gasteiger partial charge in [-0.05, 0) is 35.0 Å². The summed E-state index contributed by atoms with van der Waals surface area (Å²) in [6, 6.07) is 2.50. The summed E-state index contributed by atoms with van der Waals surface area (Å²) in [5.74, 6) is -0.263. The molecule has 1 aromatic heterocycles. The number of benzene rings is 1. The van der Waals surface area contributed by atoms with Crippen molar-refractivity contribution in [1.82, 2.24) is 9.78 Å². The number of carbonyl (C=O) groups is 1. The van der Waals surface area contributed by atoms with Crippen molar-refractivity contribution in [3.8, 4) is 0 Å². The molecule has 0 spiro atoms. The summed E-state index contributed by atoms with van der Waals surface area (Å²) in [7, 11) is 0. The second-order valence-electron chi connectivity index (χ2n) is 4.05. The van der Waals surface area contributed by atoms with E-state index < -0.39 is 6.04 Å². The fraction of sp³-hybridized carbons (Fsp3) is 0.167. The van der Waals surface area contributed by atoms with Crippen LogP contribution in [0.4, 0.5) is 5.69 Å². The molecule has 0 bridgehead atoms. The Morgan fingerprint density at radius 1 is 1.30 bits per heavy atom. The smallest absolute Gasteiger partial charge is 0.248 e. The predicted molar refractivity (Wildman–Crippen MR) is 84.7 cm³/mol. The van der Waals surface area contributed by atoms with Crippen molar-refractivity contribution in [3.63, 3.8) is 0 Å². The molecule has 0 saturated heterocycles. The van der Waals surface area contributed by atoms with Gasteiger partial charge in [-0.2, -0.15) is 5.10 Å². The number of anilines is 1. The van der Waals surface area contributed by atoms with Crippen LogP contribution in [0.3, 0.4) is 0 Å². The van der Waals surface area contributed by atoms with Gasteiger partial charge in [-0.1, -0.05) is 34.8 Å². The molecule has 1 unspecified atom stereocenters. The van der Waals surface area contributed by atoms with E-state index in [0.29, 0.717) is 20.8 Å². The van der Waals surface area contributed by atoms with Gasteiger partial charge in [-0.25, -0.2) is 0 Å². The van der Waals surface area contributed by atoms with Crippen molar-refractivity contribution in [2.24, 2.45) is 0 Å². The minimum Gasteiger partial charge on any atom is -0.323 e. The van der Waals surface area contributed by atoms with Crippen molar-refractivity contribution in [2.75, 3.05) is 5.32 Å². The van der Waals surface area contributed by atoms with E-state index in [1.54, 1.807) is 19.3 Å². The number of hydrogen-bond acceptors (Lipinski definition) is 2. The fourth-order valence-corrected chi connectivity index (χ4v) is 2.40. The van der Waals surface area contributed by atoms with Gasteiger partial charge in [0.1, 0.15) is 6.04 Å². The lowest BCUT2D eigenvalue weighted by Gasteiger charge is -2.14. The van der Waals surface area contributed by atoms with E-state index in [1.807, 2.05) is 0 Å². The van der Waals surface area contributed by atoms with Gasteiger partial charge in [-0.15, -0.1) is 0 Å². The predicted octanol–water partition coefficient (Wildman–Crippen LogP) is 4.81. The van der Waals surface area contributed by atoms with Crippen LogP contribution in [0.25, 0.3) is 0 Å². The fourth-order valence-electron chi connectivity index (χ4n) is 1.50. The Morgan fingerprint density at radius 3 is 2.55 bits per heavy atom. The van der Waals surface area contributed by atoms with Gasteiger partial charge in [0.15, 0.2) is 0 Å². The first-order valence-corrected chi connectivity index (χ1v) is 7.46. The summed E-state index contributed by atoms with van der Waals surface area (Å²) in [6.45, 7) is 1.72. The summed E-state index contributed by atoms with van der Waals surface area (Å²) >= 11 is 21.0. The summed E-state index contributed by atoms with van der Waals surface area (Å²) in [4.78, 5) is 12.1. The van der Waals surface area contributed by atoms with Crippen LogP contribution in [-0.2, 0) is 4.79 Å². The lowest BCUT2D eigenvalue weighted by molar-refractivity contribution is -0.119. The number of amides is 1. The quantitative estimate of drug-likeness (QED) is 0.756. The van der Waals surface area contributed by atoms with Crippen molar-refractivity contribution < 1.29 is 4.79 Å². The Labute approximate surface area is 139 Å². The number of halogens is 4. The van der Waals surface area contributed by atoms with Crippen LogP contribution in [0.5, 0.6) is 0 Å². The third-order valence-electron chi connectivity index (χ3n) is 2.61. The van der Waals surface area contributed by atoms with Crippen LogP contribution in [-0.4, -0.2) is 15.7 Å². The molecule has 1 N–H and O–H groups in total. The molecular weight excluding hydrogens is 388 g/mol. The van der Waals surface area contributed by atoms with Crippen molar-refractivity contribution >= 4 is 62.3 Å². The molecule has 0 saturated carbocycles. The molecule has 1 aromatic carbocycles. The van der Waals surface area contributed by atoms with E-state index in [4.69, 9.17) is 34.8 Å². The number of rotatable bonds is 3. The van der Waals surface area contributed by atoms with Crippen LogP contribution in [0, 0.1) is 0 Å². The third kappa shape index (κ3) is 3.47. The Balaban J connectivity index is 2.17. The van der Waals surface area contributed by atoms with Gasteiger partial charge in [0, 0.05) is 6.20 Å². The van der Waals surface area contributed by atoms with Crippen molar-refractivity contribution in [1.29, 1.82) is 0 Å². The molecule has 2 aromatic rings. The van der Waals surface area contributed by atoms with Gasteiger partial charge in [0.05, 0.1) is 31.4 Å². The van der Waals surface area contributed by atoms with Gasteiger partial charge in [-0.3, -0.25) is 9.48 Å². The molecule has 4 nitrogen and oxygen atoms in total. The van der Waals surface area contributed by atoms with Gasteiger partial charge in [0.25, 0.3) is 0 Å². The number of carbonyl (C=O) groups excluding carboxylic acids is 1. The first-order chi connectivity index (χ1) is 9.38. The maximum Gasteiger partial charge on any atom is 0.248 e. The maximum absolute atomic E-state index is 12.1. The van der Waals surface area contributed by atoms with Gasteiger partial charge in [0.2, 0.25) is 5.91 Å². The number of nitrogens with one attached hydrogen (secondary N) is 1. The first-order valence-electron chi connectivity index (χ1n) is 5.53. The highest BCUT2D eigenvalue weighted by Gasteiger charge is 2.17. The third-order valence-corrected chi connectivity index (χ3v) is 4.06. The van der Waals surface area contributed by atoms with Gasteiger partial charge < -0.3 is 5.32 Å². The van der Waals surface area contributed by atoms with Crippen LogP contribution in [0.15, 0.2) is 29.0 Å². The minimum absolute atomic E-state index is 0.263. The average molecular weight is 397 g/mol. The number of hydrogen-bond donors (Lipinski definition) is 1.